The van der Waals surface area contributed by atoms with E-state index in [9.17, 15) is 9.59 Å². The van der Waals surface area contributed by atoms with E-state index < -0.39 is 17.9 Å². The van der Waals surface area contributed by atoms with Gasteiger partial charge in [-0.05, 0) is 65.9 Å². The molecule has 2 rings (SSSR count). The first kappa shape index (κ1) is 26.3. The molecule has 1 heterocycles. The van der Waals surface area contributed by atoms with Gasteiger partial charge in [-0.15, -0.1) is 0 Å². The van der Waals surface area contributed by atoms with Gasteiger partial charge in [-0.2, -0.15) is 0 Å². The van der Waals surface area contributed by atoms with E-state index in [0.29, 0.717) is 46.2 Å². The van der Waals surface area contributed by atoms with Crippen LogP contribution in [0.2, 0.25) is 0 Å². The lowest BCUT2D eigenvalue weighted by Gasteiger charge is -2.30. The fourth-order valence-electron chi connectivity index (χ4n) is 3.83. The summed E-state index contributed by atoms with van der Waals surface area (Å²) < 4.78 is 22.1. The molecule has 1 aliphatic rings. The SMILES string of the molecule is CCOC(=O)C1=C(C)NC(C)=C(C(=O)OCC)C1c1ccc(OCCCN(C)C)c(OC)c1. The third-order valence-corrected chi connectivity index (χ3v) is 5.28. The number of hydrogen-bond acceptors (Lipinski definition) is 8. The summed E-state index contributed by atoms with van der Waals surface area (Å²) in [7, 11) is 5.60. The summed E-state index contributed by atoms with van der Waals surface area (Å²) in [5.74, 6) is -0.501. The van der Waals surface area contributed by atoms with E-state index in [1.54, 1.807) is 40.9 Å². The molecule has 0 unspecified atom stereocenters. The van der Waals surface area contributed by atoms with Gasteiger partial charge < -0.3 is 29.2 Å². The molecule has 8 nitrogen and oxygen atoms in total. The molecular formula is C25H36N2O6. The van der Waals surface area contributed by atoms with Crippen LogP contribution in [0.3, 0.4) is 0 Å². The Hall–Kier alpha value is -3.00. The lowest BCUT2D eigenvalue weighted by atomic mass is 9.80. The highest BCUT2D eigenvalue weighted by Gasteiger charge is 2.38. The topological polar surface area (TPSA) is 86.3 Å². The highest BCUT2D eigenvalue weighted by molar-refractivity contribution is 6.00. The standard InChI is InChI=1S/C25H36N2O6/c1-8-31-24(28)21-16(3)26-17(4)22(25(29)32-9-2)23(21)18-11-12-19(20(15-18)30-7)33-14-10-13-27(5)6/h11-12,15,23,26H,8-10,13-14H2,1-7H3. The molecule has 1 aliphatic heterocycles. The second kappa shape index (κ2) is 12.3. The van der Waals surface area contributed by atoms with Crippen LogP contribution in [0.1, 0.15) is 45.6 Å². The van der Waals surface area contributed by atoms with Gasteiger partial charge in [0, 0.05) is 17.9 Å². The molecule has 0 fully saturated rings. The predicted molar refractivity (Wildman–Crippen MR) is 126 cm³/mol. The molecule has 0 aliphatic carbocycles. The van der Waals surface area contributed by atoms with E-state index in [4.69, 9.17) is 18.9 Å². The van der Waals surface area contributed by atoms with Gasteiger partial charge in [-0.25, -0.2) is 9.59 Å². The predicted octanol–water partition coefficient (Wildman–Crippen LogP) is 3.39. The highest BCUT2D eigenvalue weighted by atomic mass is 16.5. The summed E-state index contributed by atoms with van der Waals surface area (Å²) in [6.07, 6.45) is 0.871. The van der Waals surface area contributed by atoms with Gasteiger partial charge in [-0.3, -0.25) is 0 Å². The number of dihydropyridines is 1. The molecule has 33 heavy (non-hydrogen) atoms. The first-order valence-corrected chi connectivity index (χ1v) is 11.2. The minimum absolute atomic E-state index is 0.225. The fraction of sp³-hybridized carbons (Fsp3) is 0.520. The number of esters is 2. The van der Waals surface area contributed by atoms with Crippen molar-refractivity contribution in [2.24, 2.45) is 0 Å². The molecule has 1 aromatic rings. The second-order valence-corrected chi connectivity index (χ2v) is 7.99. The lowest BCUT2D eigenvalue weighted by Crippen LogP contribution is -2.32. The molecule has 0 radical (unpaired) electrons. The first-order valence-electron chi connectivity index (χ1n) is 11.2. The quantitative estimate of drug-likeness (QED) is 0.397. The summed E-state index contributed by atoms with van der Waals surface area (Å²) >= 11 is 0. The Labute approximate surface area is 196 Å². The molecule has 0 aromatic heterocycles. The normalized spacial score (nSPS) is 14.3. The number of methoxy groups -OCH3 is 1. The Balaban J connectivity index is 2.50. The van der Waals surface area contributed by atoms with Gasteiger partial charge in [0.15, 0.2) is 11.5 Å². The Morgan fingerprint density at radius 3 is 2.03 bits per heavy atom. The van der Waals surface area contributed by atoms with Crippen LogP contribution in [0.4, 0.5) is 0 Å². The largest absolute Gasteiger partial charge is 0.493 e. The summed E-state index contributed by atoms with van der Waals surface area (Å²) in [5.41, 5.74) is 2.71. The van der Waals surface area contributed by atoms with E-state index in [1.165, 1.54) is 0 Å². The summed E-state index contributed by atoms with van der Waals surface area (Å²) in [6, 6.07) is 5.46. The van der Waals surface area contributed by atoms with E-state index >= 15 is 0 Å². The van der Waals surface area contributed by atoms with Crippen LogP contribution in [-0.4, -0.2) is 64.4 Å². The number of ether oxygens (including phenoxy) is 4. The van der Waals surface area contributed by atoms with Crippen LogP contribution < -0.4 is 14.8 Å². The molecule has 0 atom stereocenters. The van der Waals surface area contributed by atoms with E-state index in [0.717, 1.165) is 13.0 Å². The van der Waals surface area contributed by atoms with Gasteiger partial charge in [0.05, 0.1) is 44.0 Å². The zero-order valence-corrected chi connectivity index (χ0v) is 20.7. The minimum Gasteiger partial charge on any atom is -0.493 e. The molecule has 8 heteroatoms. The van der Waals surface area contributed by atoms with Crippen molar-refractivity contribution in [2.45, 2.75) is 40.0 Å². The zero-order valence-electron chi connectivity index (χ0n) is 20.7. The average molecular weight is 461 g/mol. The Kier molecular flexibility index (Phi) is 9.78. The van der Waals surface area contributed by atoms with E-state index in [1.807, 2.05) is 26.2 Å². The maximum Gasteiger partial charge on any atom is 0.336 e. The van der Waals surface area contributed by atoms with Crippen LogP contribution in [0.25, 0.3) is 0 Å². The zero-order chi connectivity index (χ0) is 24.5. The molecular weight excluding hydrogens is 424 g/mol. The van der Waals surface area contributed by atoms with Crippen molar-refractivity contribution >= 4 is 11.9 Å². The monoisotopic (exact) mass is 460 g/mol. The molecule has 0 bridgehead atoms. The van der Waals surface area contributed by atoms with Crippen molar-refractivity contribution in [3.05, 3.63) is 46.3 Å². The molecule has 0 saturated carbocycles. The second-order valence-electron chi connectivity index (χ2n) is 7.99. The van der Waals surface area contributed by atoms with Crippen LogP contribution in [0.15, 0.2) is 40.7 Å². The molecule has 0 amide bonds. The van der Waals surface area contributed by atoms with Crippen LogP contribution in [0, 0.1) is 0 Å². The maximum atomic E-state index is 12.9. The summed E-state index contributed by atoms with van der Waals surface area (Å²) in [6.45, 7) is 8.99. The van der Waals surface area contributed by atoms with Crippen LogP contribution >= 0.6 is 0 Å². The van der Waals surface area contributed by atoms with Gasteiger partial charge in [-0.1, -0.05) is 6.07 Å². The average Bonchev–Trinajstić information content (AvgIpc) is 2.76. The number of allylic oxidation sites excluding steroid dienone is 2. The van der Waals surface area contributed by atoms with Crippen molar-refractivity contribution in [3.8, 4) is 11.5 Å². The van der Waals surface area contributed by atoms with Crippen molar-refractivity contribution in [3.63, 3.8) is 0 Å². The molecule has 182 valence electrons. The van der Waals surface area contributed by atoms with Gasteiger partial charge in [0.1, 0.15) is 0 Å². The van der Waals surface area contributed by atoms with Crippen molar-refractivity contribution in [1.29, 1.82) is 0 Å². The Bertz CT molecular complexity index is 879. The number of carbonyl (C=O) groups excluding carboxylic acids is 2. The fourth-order valence-corrected chi connectivity index (χ4v) is 3.83. The van der Waals surface area contributed by atoms with Gasteiger partial charge in [0.2, 0.25) is 0 Å². The van der Waals surface area contributed by atoms with Crippen molar-refractivity contribution in [1.82, 2.24) is 10.2 Å². The maximum absolute atomic E-state index is 12.9. The number of nitrogens with one attached hydrogen (secondary N) is 1. The number of hydrogen-bond donors (Lipinski definition) is 1. The third-order valence-electron chi connectivity index (χ3n) is 5.28. The minimum atomic E-state index is -0.666. The van der Waals surface area contributed by atoms with Crippen molar-refractivity contribution in [2.75, 3.05) is 47.6 Å². The van der Waals surface area contributed by atoms with E-state index in [2.05, 4.69) is 10.2 Å². The third kappa shape index (κ3) is 6.51. The Morgan fingerprint density at radius 2 is 1.55 bits per heavy atom. The lowest BCUT2D eigenvalue weighted by molar-refractivity contribution is -0.139. The van der Waals surface area contributed by atoms with Gasteiger partial charge >= 0.3 is 11.9 Å². The van der Waals surface area contributed by atoms with Gasteiger partial charge in [0.25, 0.3) is 0 Å². The first-order chi connectivity index (χ1) is 15.7. The smallest absolute Gasteiger partial charge is 0.336 e. The highest BCUT2D eigenvalue weighted by Crippen LogP contribution is 2.42. The molecule has 0 spiro atoms. The molecule has 1 aromatic carbocycles. The van der Waals surface area contributed by atoms with Crippen molar-refractivity contribution < 1.29 is 28.5 Å². The number of carbonyl (C=O) groups is 2. The molecule has 1 N–H and O–H groups in total. The van der Waals surface area contributed by atoms with Crippen LogP contribution in [0.5, 0.6) is 11.5 Å². The summed E-state index contributed by atoms with van der Waals surface area (Å²) in [5, 5.41) is 3.14. The number of benzene rings is 1. The van der Waals surface area contributed by atoms with E-state index in [-0.39, 0.29) is 13.2 Å². The molecule has 0 saturated heterocycles. The van der Waals surface area contributed by atoms with Crippen LogP contribution in [-0.2, 0) is 19.1 Å². The number of rotatable bonds is 11. The number of nitrogens with zero attached hydrogens (tertiary/aromatic N) is 1. The summed E-state index contributed by atoms with van der Waals surface area (Å²) in [4.78, 5) is 27.9. The Morgan fingerprint density at radius 1 is 0.970 bits per heavy atom.